The molecule has 2 saturated carbocycles. The zero-order valence-corrected chi connectivity index (χ0v) is 12.0. The quantitative estimate of drug-likeness (QED) is 0.836. The van der Waals surface area contributed by atoms with Gasteiger partial charge < -0.3 is 10.0 Å². The molecule has 3 rings (SSSR count). The molecule has 5 nitrogen and oxygen atoms in total. The summed E-state index contributed by atoms with van der Waals surface area (Å²) in [6.07, 6.45) is 5.16. The van der Waals surface area contributed by atoms with Gasteiger partial charge in [-0.15, -0.1) is 0 Å². The highest BCUT2D eigenvalue weighted by molar-refractivity contribution is 5.79. The number of amides is 1. The highest BCUT2D eigenvalue weighted by Crippen LogP contribution is 2.48. The van der Waals surface area contributed by atoms with Crippen molar-refractivity contribution in [2.45, 2.75) is 32.1 Å². The molecule has 3 unspecified atom stereocenters. The maximum atomic E-state index is 12.6. The summed E-state index contributed by atoms with van der Waals surface area (Å²) in [4.78, 5) is 27.3. The summed E-state index contributed by atoms with van der Waals surface area (Å²) in [6.45, 7) is 3.78. The third-order valence-corrected chi connectivity index (χ3v) is 5.38. The lowest BCUT2D eigenvalue weighted by atomic mass is 9.87. The summed E-state index contributed by atoms with van der Waals surface area (Å²) in [5.41, 5.74) is 0. The average molecular weight is 280 g/mol. The zero-order valence-electron chi connectivity index (χ0n) is 12.0. The van der Waals surface area contributed by atoms with E-state index >= 15 is 0 Å². The molecule has 5 heteroatoms. The molecule has 3 aliphatic rings. The van der Waals surface area contributed by atoms with E-state index in [0.29, 0.717) is 24.3 Å². The van der Waals surface area contributed by atoms with Gasteiger partial charge in [0.15, 0.2) is 0 Å². The van der Waals surface area contributed by atoms with Crippen LogP contribution in [0.2, 0.25) is 0 Å². The lowest BCUT2D eigenvalue weighted by Crippen LogP contribution is -2.51. The Bertz CT molecular complexity index is 391. The van der Waals surface area contributed by atoms with Crippen molar-refractivity contribution in [1.82, 2.24) is 9.80 Å². The van der Waals surface area contributed by atoms with Crippen LogP contribution in [0.4, 0.5) is 0 Å². The van der Waals surface area contributed by atoms with E-state index in [0.717, 1.165) is 38.5 Å². The first-order chi connectivity index (χ1) is 9.63. The molecule has 1 N–H and O–H groups in total. The van der Waals surface area contributed by atoms with E-state index in [1.807, 2.05) is 4.90 Å². The second-order valence-corrected chi connectivity index (χ2v) is 6.59. The molecule has 1 heterocycles. The van der Waals surface area contributed by atoms with Crippen LogP contribution in [0.5, 0.6) is 0 Å². The monoisotopic (exact) mass is 280 g/mol. The Labute approximate surface area is 119 Å². The standard InChI is InChI=1S/C15H24N2O3/c18-14(19)3-4-16-5-7-17(8-6-16)15(20)13-10-11-1-2-12(13)9-11/h11-13H,1-10H2,(H,18,19). The number of nitrogens with zero attached hydrogens (tertiary/aromatic N) is 2. The summed E-state index contributed by atoms with van der Waals surface area (Å²) >= 11 is 0. The Morgan fingerprint density at radius 3 is 2.35 bits per heavy atom. The highest BCUT2D eigenvalue weighted by atomic mass is 16.4. The Kier molecular flexibility index (Phi) is 3.96. The third-order valence-electron chi connectivity index (χ3n) is 5.38. The normalized spacial score (nSPS) is 33.6. The number of piperazine rings is 1. The van der Waals surface area contributed by atoms with Gasteiger partial charge in [-0.1, -0.05) is 6.42 Å². The van der Waals surface area contributed by atoms with Crippen LogP contribution in [-0.4, -0.2) is 59.5 Å². The van der Waals surface area contributed by atoms with Crippen LogP contribution >= 0.6 is 0 Å². The first kappa shape index (κ1) is 13.9. The number of hydrogen-bond donors (Lipinski definition) is 1. The van der Waals surface area contributed by atoms with E-state index in [4.69, 9.17) is 5.11 Å². The number of carbonyl (C=O) groups excluding carboxylic acids is 1. The van der Waals surface area contributed by atoms with Crippen LogP contribution < -0.4 is 0 Å². The van der Waals surface area contributed by atoms with E-state index in [2.05, 4.69) is 4.90 Å². The number of carboxylic acids is 1. The van der Waals surface area contributed by atoms with Crippen LogP contribution in [0.15, 0.2) is 0 Å². The average Bonchev–Trinajstić information content (AvgIpc) is 3.07. The summed E-state index contributed by atoms with van der Waals surface area (Å²) in [6, 6.07) is 0. The summed E-state index contributed by atoms with van der Waals surface area (Å²) in [5.74, 6) is 1.38. The van der Waals surface area contributed by atoms with Crippen molar-refractivity contribution in [2.24, 2.45) is 17.8 Å². The van der Waals surface area contributed by atoms with Crippen LogP contribution in [0, 0.1) is 17.8 Å². The number of carbonyl (C=O) groups is 2. The van der Waals surface area contributed by atoms with Gasteiger partial charge in [0.2, 0.25) is 5.91 Å². The van der Waals surface area contributed by atoms with Crippen LogP contribution in [-0.2, 0) is 9.59 Å². The Balaban J connectivity index is 1.46. The predicted octanol–water partition coefficient (Wildman–Crippen LogP) is 1.04. The van der Waals surface area contributed by atoms with Gasteiger partial charge in [0, 0.05) is 38.6 Å². The fourth-order valence-corrected chi connectivity index (χ4v) is 4.23. The van der Waals surface area contributed by atoms with Gasteiger partial charge in [0.1, 0.15) is 0 Å². The van der Waals surface area contributed by atoms with Crippen LogP contribution in [0.3, 0.4) is 0 Å². The van der Waals surface area contributed by atoms with Gasteiger partial charge >= 0.3 is 5.97 Å². The summed E-state index contributed by atoms with van der Waals surface area (Å²) in [7, 11) is 0. The molecule has 1 amide bonds. The molecule has 3 atom stereocenters. The van der Waals surface area contributed by atoms with Crippen LogP contribution in [0.25, 0.3) is 0 Å². The smallest absolute Gasteiger partial charge is 0.304 e. The van der Waals surface area contributed by atoms with Gasteiger partial charge in [-0.25, -0.2) is 0 Å². The molecule has 0 aromatic carbocycles. The van der Waals surface area contributed by atoms with E-state index in [1.54, 1.807) is 0 Å². The molecular formula is C15H24N2O3. The topological polar surface area (TPSA) is 60.9 Å². The number of rotatable bonds is 4. The van der Waals surface area contributed by atoms with Gasteiger partial charge in [-0.05, 0) is 31.1 Å². The molecule has 3 fully saturated rings. The van der Waals surface area contributed by atoms with E-state index in [-0.39, 0.29) is 6.42 Å². The van der Waals surface area contributed by atoms with Crippen LogP contribution in [0.1, 0.15) is 32.1 Å². The van der Waals surface area contributed by atoms with E-state index < -0.39 is 5.97 Å². The fourth-order valence-electron chi connectivity index (χ4n) is 4.23. The van der Waals surface area contributed by atoms with Gasteiger partial charge in [0.05, 0.1) is 6.42 Å². The van der Waals surface area contributed by atoms with Crippen molar-refractivity contribution >= 4 is 11.9 Å². The van der Waals surface area contributed by atoms with Crippen molar-refractivity contribution in [2.75, 3.05) is 32.7 Å². The molecule has 112 valence electrons. The van der Waals surface area contributed by atoms with Gasteiger partial charge in [-0.2, -0.15) is 0 Å². The van der Waals surface area contributed by atoms with E-state index in [9.17, 15) is 9.59 Å². The first-order valence-corrected chi connectivity index (χ1v) is 7.86. The second kappa shape index (κ2) is 5.72. The molecule has 20 heavy (non-hydrogen) atoms. The predicted molar refractivity (Wildman–Crippen MR) is 74.2 cm³/mol. The summed E-state index contributed by atoms with van der Waals surface area (Å²) in [5, 5.41) is 8.70. The molecule has 2 aliphatic carbocycles. The molecule has 0 radical (unpaired) electrons. The minimum Gasteiger partial charge on any atom is -0.481 e. The van der Waals surface area contributed by atoms with Gasteiger partial charge in [0.25, 0.3) is 0 Å². The number of hydrogen-bond acceptors (Lipinski definition) is 3. The van der Waals surface area contributed by atoms with Crippen molar-refractivity contribution < 1.29 is 14.7 Å². The van der Waals surface area contributed by atoms with Crippen molar-refractivity contribution in [1.29, 1.82) is 0 Å². The maximum Gasteiger partial charge on any atom is 0.304 e. The molecule has 1 aliphatic heterocycles. The minimum atomic E-state index is -0.745. The number of carboxylic acid groups (broad SMARTS) is 1. The fraction of sp³-hybridized carbons (Fsp3) is 0.867. The molecule has 0 aromatic heterocycles. The number of aliphatic carboxylic acids is 1. The first-order valence-electron chi connectivity index (χ1n) is 7.86. The Morgan fingerprint density at radius 1 is 1.05 bits per heavy atom. The molecule has 0 spiro atoms. The molecule has 0 aromatic rings. The van der Waals surface area contributed by atoms with Crippen molar-refractivity contribution in [3.63, 3.8) is 0 Å². The Morgan fingerprint density at radius 2 is 1.80 bits per heavy atom. The molecular weight excluding hydrogens is 256 g/mol. The van der Waals surface area contributed by atoms with Gasteiger partial charge in [-0.3, -0.25) is 14.5 Å². The van der Waals surface area contributed by atoms with Crippen molar-refractivity contribution in [3.05, 3.63) is 0 Å². The lowest BCUT2D eigenvalue weighted by molar-refractivity contribution is -0.140. The lowest BCUT2D eigenvalue weighted by Gasteiger charge is -2.37. The van der Waals surface area contributed by atoms with Crippen molar-refractivity contribution in [3.8, 4) is 0 Å². The number of fused-ring (bicyclic) bond motifs is 2. The summed E-state index contributed by atoms with van der Waals surface area (Å²) < 4.78 is 0. The highest BCUT2D eigenvalue weighted by Gasteiger charge is 2.44. The Hall–Kier alpha value is -1.10. The van der Waals surface area contributed by atoms with E-state index in [1.165, 1.54) is 19.3 Å². The largest absolute Gasteiger partial charge is 0.481 e. The maximum absolute atomic E-state index is 12.6. The third kappa shape index (κ3) is 2.82. The minimum absolute atomic E-state index is 0.195. The molecule has 2 bridgehead atoms. The molecule has 1 saturated heterocycles. The second-order valence-electron chi connectivity index (χ2n) is 6.59. The SMILES string of the molecule is O=C(O)CCN1CCN(C(=O)C2CC3CCC2C3)CC1. The zero-order chi connectivity index (χ0) is 14.1.